The van der Waals surface area contributed by atoms with Crippen molar-refractivity contribution in [3.63, 3.8) is 0 Å². The van der Waals surface area contributed by atoms with Crippen molar-refractivity contribution in [2.45, 2.75) is 32.0 Å². The average Bonchev–Trinajstić information content (AvgIpc) is 3.31. The number of carbonyl (C=O) groups excluding carboxylic acids is 2. The number of benzene rings is 1. The Morgan fingerprint density at radius 1 is 1.21 bits per heavy atom. The van der Waals surface area contributed by atoms with Crippen molar-refractivity contribution in [3.05, 3.63) is 72.3 Å². The highest BCUT2D eigenvalue weighted by Crippen LogP contribution is 2.24. The first-order valence-electron chi connectivity index (χ1n) is 9.21. The lowest BCUT2D eigenvalue weighted by Crippen LogP contribution is -2.43. The van der Waals surface area contributed by atoms with Crippen LogP contribution in [-0.4, -0.2) is 44.0 Å². The van der Waals surface area contributed by atoms with Crippen LogP contribution in [0.4, 0.5) is 0 Å². The van der Waals surface area contributed by atoms with Gasteiger partial charge < -0.3 is 10.2 Å². The van der Waals surface area contributed by atoms with Crippen LogP contribution in [0.15, 0.2) is 61.1 Å². The Bertz CT molecular complexity index is 971. The number of H-pyrrole nitrogens is 1. The van der Waals surface area contributed by atoms with Gasteiger partial charge in [0.2, 0.25) is 5.91 Å². The summed E-state index contributed by atoms with van der Waals surface area (Å²) < 4.78 is 0. The van der Waals surface area contributed by atoms with Gasteiger partial charge in [-0.2, -0.15) is 5.10 Å². The third-order valence-electron chi connectivity index (χ3n) is 5.16. The molecule has 2 N–H and O–H groups in total. The van der Waals surface area contributed by atoms with Crippen LogP contribution in [0.3, 0.4) is 0 Å². The molecule has 2 unspecified atom stereocenters. The maximum absolute atomic E-state index is 12.8. The van der Waals surface area contributed by atoms with Crippen molar-refractivity contribution in [2.24, 2.45) is 0 Å². The molecular weight excluding hydrogens is 354 g/mol. The lowest BCUT2D eigenvalue weighted by Gasteiger charge is -2.25. The first-order valence-corrected chi connectivity index (χ1v) is 9.21. The molecule has 1 fully saturated rings. The fourth-order valence-electron chi connectivity index (χ4n) is 3.55. The number of amides is 2. The molecule has 7 nitrogen and oxygen atoms in total. The minimum atomic E-state index is -0.268. The van der Waals surface area contributed by atoms with Crippen LogP contribution in [0.25, 0.3) is 11.1 Å². The highest BCUT2D eigenvalue weighted by atomic mass is 16.2. The van der Waals surface area contributed by atoms with Gasteiger partial charge in [-0.05, 0) is 30.2 Å². The normalized spacial score (nSPS) is 19.0. The van der Waals surface area contributed by atoms with Crippen molar-refractivity contribution >= 4 is 11.8 Å². The molecule has 28 heavy (non-hydrogen) atoms. The number of aromatic nitrogens is 3. The topological polar surface area (TPSA) is 91.0 Å². The molecule has 0 saturated carbocycles. The third kappa shape index (κ3) is 3.51. The van der Waals surface area contributed by atoms with E-state index in [0.717, 1.165) is 11.1 Å². The molecular formula is C21H21N5O2. The van der Waals surface area contributed by atoms with Gasteiger partial charge in [0.1, 0.15) is 5.69 Å². The highest BCUT2D eigenvalue weighted by Gasteiger charge is 2.38. The second kappa shape index (κ2) is 7.64. The summed E-state index contributed by atoms with van der Waals surface area (Å²) in [4.78, 5) is 31.2. The van der Waals surface area contributed by atoms with E-state index < -0.39 is 0 Å². The standard InChI is InChI=1S/C21H21N5O2/c1-14-18(11-19(27)26(14)13-15-5-3-2-4-6-15)24-21(28)20-17(12-23-25-20)16-7-9-22-10-8-16/h2-10,12,14,18H,11,13H2,1H3,(H,23,25)(H,24,28). The Hall–Kier alpha value is -3.48. The predicted molar refractivity (Wildman–Crippen MR) is 104 cm³/mol. The average molecular weight is 375 g/mol. The third-order valence-corrected chi connectivity index (χ3v) is 5.16. The highest BCUT2D eigenvalue weighted by molar-refractivity contribution is 5.99. The predicted octanol–water partition coefficient (Wildman–Crippen LogP) is 2.39. The molecule has 0 radical (unpaired) electrons. The van der Waals surface area contributed by atoms with Gasteiger partial charge in [-0.15, -0.1) is 0 Å². The van der Waals surface area contributed by atoms with Gasteiger partial charge in [-0.3, -0.25) is 19.7 Å². The summed E-state index contributed by atoms with van der Waals surface area (Å²) in [7, 11) is 0. The molecule has 1 saturated heterocycles. The number of hydrogen-bond acceptors (Lipinski definition) is 4. The van der Waals surface area contributed by atoms with E-state index in [9.17, 15) is 9.59 Å². The molecule has 2 atom stereocenters. The van der Waals surface area contributed by atoms with Gasteiger partial charge in [0.25, 0.3) is 5.91 Å². The van der Waals surface area contributed by atoms with E-state index in [1.807, 2.05) is 54.3 Å². The van der Waals surface area contributed by atoms with Crippen LogP contribution >= 0.6 is 0 Å². The molecule has 1 aromatic carbocycles. The van der Waals surface area contributed by atoms with E-state index in [2.05, 4.69) is 20.5 Å². The van der Waals surface area contributed by atoms with Crippen LogP contribution in [0.1, 0.15) is 29.4 Å². The lowest BCUT2D eigenvalue weighted by atomic mass is 10.1. The quantitative estimate of drug-likeness (QED) is 0.716. The Morgan fingerprint density at radius 3 is 2.71 bits per heavy atom. The summed E-state index contributed by atoms with van der Waals surface area (Å²) in [6.07, 6.45) is 5.25. The van der Waals surface area contributed by atoms with Crippen molar-refractivity contribution in [1.29, 1.82) is 0 Å². The zero-order chi connectivity index (χ0) is 19.5. The van der Waals surface area contributed by atoms with Gasteiger partial charge in [0.15, 0.2) is 0 Å². The van der Waals surface area contributed by atoms with Gasteiger partial charge in [-0.1, -0.05) is 30.3 Å². The Labute approximate surface area is 162 Å². The maximum atomic E-state index is 12.8. The first kappa shape index (κ1) is 17.9. The number of likely N-dealkylation sites (tertiary alicyclic amines) is 1. The molecule has 4 rings (SSSR count). The Morgan fingerprint density at radius 2 is 1.96 bits per heavy atom. The summed E-state index contributed by atoms with van der Waals surface area (Å²) >= 11 is 0. The zero-order valence-electron chi connectivity index (χ0n) is 15.5. The van der Waals surface area contributed by atoms with Gasteiger partial charge in [-0.25, -0.2) is 0 Å². The summed E-state index contributed by atoms with van der Waals surface area (Å²) in [5.41, 5.74) is 3.02. The number of nitrogens with one attached hydrogen (secondary N) is 2. The van der Waals surface area contributed by atoms with E-state index in [0.29, 0.717) is 24.2 Å². The summed E-state index contributed by atoms with van der Waals surface area (Å²) in [5, 5.41) is 9.79. The van der Waals surface area contributed by atoms with E-state index in [-0.39, 0.29) is 23.9 Å². The largest absolute Gasteiger partial charge is 0.345 e. The second-order valence-corrected chi connectivity index (χ2v) is 6.93. The van der Waals surface area contributed by atoms with Gasteiger partial charge in [0.05, 0.1) is 12.2 Å². The molecule has 7 heteroatoms. The minimum absolute atomic E-state index is 0.0422. The molecule has 0 spiro atoms. The lowest BCUT2D eigenvalue weighted by molar-refractivity contribution is -0.129. The number of aromatic amines is 1. The second-order valence-electron chi connectivity index (χ2n) is 6.93. The van der Waals surface area contributed by atoms with Crippen LogP contribution < -0.4 is 5.32 Å². The fourth-order valence-corrected chi connectivity index (χ4v) is 3.55. The van der Waals surface area contributed by atoms with Crippen LogP contribution in [0.2, 0.25) is 0 Å². The summed E-state index contributed by atoms with van der Waals surface area (Å²) in [6, 6.07) is 13.2. The van der Waals surface area contributed by atoms with E-state index in [1.165, 1.54) is 0 Å². The number of pyridine rings is 1. The Balaban J connectivity index is 1.47. The fraction of sp³-hybridized carbons (Fsp3) is 0.238. The molecule has 3 aromatic rings. The number of hydrogen-bond donors (Lipinski definition) is 2. The molecule has 2 aromatic heterocycles. The summed E-state index contributed by atoms with van der Waals surface area (Å²) in [6.45, 7) is 2.51. The van der Waals surface area contributed by atoms with E-state index >= 15 is 0 Å². The Kier molecular flexibility index (Phi) is 4.89. The number of rotatable bonds is 5. The van der Waals surface area contributed by atoms with Crippen molar-refractivity contribution < 1.29 is 9.59 Å². The molecule has 0 bridgehead atoms. The van der Waals surface area contributed by atoms with Crippen LogP contribution in [-0.2, 0) is 11.3 Å². The maximum Gasteiger partial charge on any atom is 0.270 e. The number of carbonyl (C=O) groups is 2. The van der Waals surface area contributed by atoms with E-state index in [1.54, 1.807) is 18.6 Å². The monoisotopic (exact) mass is 375 g/mol. The number of nitrogens with zero attached hydrogens (tertiary/aromatic N) is 3. The minimum Gasteiger partial charge on any atom is -0.345 e. The first-order chi connectivity index (χ1) is 13.6. The van der Waals surface area contributed by atoms with Crippen molar-refractivity contribution in [1.82, 2.24) is 25.4 Å². The van der Waals surface area contributed by atoms with E-state index in [4.69, 9.17) is 0 Å². The summed E-state index contributed by atoms with van der Waals surface area (Å²) in [5.74, 6) is -0.226. The molecule has 2 amide bonds. The van der Waals surface area contributed by atoms with Crippen LogP contribution in [0.5, 0.6) is 0 Å². The molecule has 3 heterocycles. The zero-order valence-corrected chi connectivity index (χ0v) is 15.5. The van der Waals surface area contributed by atoms with Crippen molar-refractivity contribution in [3.8, 4) is 11.1 Å². The smallest absolute Gasteiger partial charge is 0.270 e. The SMILES string of the molecule is CC1C(NC(=O)c2[nH]ncc2-c2ccncc2)CC(=O)N1Cc1ccccc1. The molecule has 0 aliphatic carbocycles. The molecule has 1 aliphatic heterocycles. The molecule has 1 aliphatic rings. The van der Waals surface area contributed by atoms with Gasteiger partial charge in [0, 0.05) is 37.0 Å². The van der Waals surface area contributed by atoms with Gasteiger partial charge >= 0.3 is 0 Å². The van der Waals surface area contributed by atoms with Crippen molar-refractivity contribution in [2.75, 3.05) is 0 Å². The molecule has 142 valence electrons. The van der Waals surface area contributed by atoms with Crippen LogP contribution in [0, 0.1) is 0 Å².